The van der Waals surface area contributed by atoms with Crippen LogP contribution in [0, 0.1) is 0 Å². The molecule has 2 heteroatoms. The minimum Gasteiger partial charge on any atom is -0.488 e. The van der Waals surface area contributed by atoms with Crippen LogP contribution in [0.15, 0.2) is 24.3 Å². The third-order valence-corrected chi connectivity index (χ3v) is 3.62. The molecule has 2 aliphatic rings. The maximum atomic E-state index is 5.97. The molecule has 1 aromatic rings. The summed E-state index contributed by atoms with van der Waals surface area (Å²) in [7, 11) is 0. The Bertz CT molecular complexity index is 333. The van der Waals surface area contributed by atoms with E-state index in [0.717, 1.165) is 18.7 Å². The second-order valence-electron chi connectivity index (χ2n) is 4.91. The molecule has 2 nitrogen and oxygen atoms in total. The van der Waals surface area contributed by atoms with Gasteiger partial charge in [0.1, 0.15) is 11.9 Å². The zero-order valence-electron chi connectivity index (χ0n) is 9.69. The monoisotopic (exact) mass is 217 g/mol. The Morgan fingerprint density at radius 3 is 2.75 bits per heavy atom. The molecule has 0 amide bonds. The van der Waals surface area contributed by atoms with Crippen molar-refractivity contribution in [2.75, 3.05) is 19.6 Å². The molecule has 1 saturated heterocycles. The highest BCUT2D eigenvalue weighted by Crippen LogP contribution is 2.28. The summed E-state index contributed by atoms with van der Waals surface area (Å²) < 4.78 is 5.97. The van der Waals surface area contributed by atoms with Gasteiger partial charge in [0.2, 0.25) is 0 Å². The van der Waals surface area contributed by atoms with Crippen LogP contribution in [-0.4, -0.2) is 30.6 Å². The van der Waals surface area contributed by atoms with Crippen LogP contribution in [0.1, 0.15) is 24.8 Å². The van der Waals surface area contributed by atoms with E-state index in [9.17, 15) is 0 Å². The van der Waals surface area contributed by atoms with Gasteiger partial charge in [-0.05, 0) is 37.6 Å². The number of para-hydroxylation sites is 1. The van der Waals surface area contributed by atoms with Crippen molar-refractivity contribution in [3.05, 3.63) is 29.8 Å². The van der Waals surface area contributed by atoms with Crippen LogP contribution >= 0.6 is 0 Å². The standard InChI is InChI=1S/C14H19NO/c1-4-8-15(9-5-1)11-13-10-12-6-2-3-7-14(12)16-13/h2-3,6-7,13H,1,4-5,8-11H2/t13-/m1/s1. The summed E-state index contributed by atoms with van der Waals surface area (Å²) in [6.07, 6.45) is 5.60. The van der Waals surface area contributed by atoms with E-state index in [2.05, 4.69) is 29.2 Å². The zero-order valence-corrected chi connectivity index (χ0v) is 9.69. The van der Waals surface area contributed by atoms with Gasteiger partial charge < -0.3 is 4.74 Å². The second kappa shape index (κ2) is 4.46. The summed E-state index contributed by atoms with van der Waals surface area (Å²) in [5.41, 5.74) is 1.38. The Morgan fingerprint density at radius 2 is 1.94 bits per heavy atom. The molecule has 0 saturated carbocycles. The highest BCUT2D eigenvalue weighted by Gasteiger charge is 2.24. The summed E-state index contributed by atoms with van der Waals surface area (Å²) in [5, 5.41) is 0. The van der Waals surface area contributed by atoms with Gasteiger partial charge in [-0.1, -0.05) is 24.6 Å². The molecule has 2 aliphatic heterocycles. The van der Waals surface area contributed by atoms with Crippen molar-refractivity contribution in [1.29, 1.82) is 0 Å². The van der Waals surface area contributed by atoms with Crippen LogP contribution in [-0.2, 0) is 6.42 Å². The number of hydrogen-bond donors (Lipinski definition) is 0. The molecular weight excluding hydrogens is 198 g/mol. The van der Waals surface area contributed by atoms with E-state index in [1.165, 1.54) is 37.9 Å². The van der Waals surface area contributed by atoms with Crippen molar-refractivity contribution in [2.45, 2.75) is 31.8 Å². The lowest BCUT2D eigenvalue weighted by Crippen LogP contribution is -2.38. The lowest BCUT2D eigenvalue weighted by Gasteiger charge is -2.28. The normalized spacial score (nSPS) is 25.1. The molecule has 0 aliphatic carbocycles. The quantitative estimate of drug-likeness (QED) is 0.754. The highest BCUT2D eigenvalue weighted by atomic mass is 16.5. The van der Waals surface area contributed by atoms with Crippen LogP contribution in [0.25, 0.3) is 0 Å². The number of piperidine rings is 1. The van der Waals surface area contributed by atoms with Gasteiger partial charge in [-0.3, -0.25) is 4.90 Å². The van der Waals surface area contributed by atoms with Gasteiger partial charge in [-0.15, -0.1) is 0 Å². The van der Waals surface area contributed by atoms with Gasteiger partial charge in [-0.25, -0.2) is 0 Å². The molecule has 1 fully saturated rings. The van der Waals surface area contributed by atoms with Crippen LogP contribution < -0.4 is 4.74 Å². The third kappa shape index (κ3) is 2.07. The molecule has 0 radical (unpaired) electrons. The Hall–Kier alpha value is -1.02. The van der Waals surface area contributed by atoms with Gasteiger partial charge in [0.25, 0.3) is 0 Å². The van der Waals surface area contributed by atoms with Crippen molar-refractivity contribution in [2.24, 2.45) is 0 Å². The van der Waals surface area contributed by atoms with Crippen LogP contribution in [0.2, 0.25) is 0 Å². The maximum Gasteiger partial charge on any atom is 0.123 e. The smallest absolute Gasteiger partial charge is 0.123 e. The summed E-state index contributed by atoms with van der Waals surface area (Å²) in [6.45, 7) is 3.63. The fourth-order valence-corrected chi connectivity index (χ4v) is 2.79. The predicted molar refractivity (Wildman–Crippen MR) is 64.9 cm³/mol. The molecule has 3 rings (SSSR count). The molecule has 0 bridgehead atoms. The van der Waals surface area contributed by atoms with Crippen molar-refractivity contribution in [3.8, 4) is 5.75 Å². The van der Waals surface area contributed by atoms with Crippen molar-refractivity contribution in [3.63, 3.8) is 0 Å². The van der Waals surface area contributed by atoms with E-state index in [4.69, 9.17) is 4.74 Å². The van der Waals surface area contributed by atoms with Gasteiger partial charge >= 0.3 is 0 Å². The van der Waals surface area contributed by atoms with Crippen molar-refractivity contribution >= 4 is 0 Å². The van der Waals surface area contributed by atoms with Crippen LogP contribution in [0.3, 0.4) is 0 Å². The number of likely N-dealkylation sites (tertiary alicyclic amines) is 1. The Kier molecular flexibility index (Phi) is 2.83. The summed E-state index contributed by atoms with van der Waals surface area (Å²) >= 11 is 0. The van der Waals surface area contributed by atoms with Crippen molar-refractivity contribution < 1.29 is 4.74 Å². The first-order valence-corrected chi connectivity index (χ1v) is 6.39. The van der Waals surface area contributed by atoms with E-state index >= 15 is 0 Å². The zero-order chi connectivity index (χ0) is 10.8. The minimum atomic E-state index is 0.385. The second-order valence-corrected chi connectivity index (χ2v) is 4.91. The molecule has 1 aromatic carbocycles. The van der Waals surface area contributed by atoms with Gasteiger partial charge in [0, 0.05) is 13.0 Å². The van der Waals surface area contributed by atoms with Gasteiger partial charge in [-0.2, -0.15) is 0 Å². The first kappa shape index (κ1) is 10.2. The number of hydrogen-bond acceptors (Lipinski definition) is 2. The fraction of sp³-hybridized carbons (Fsp3) is 0.571. The van der Waals surface area contributed by atoms with E-state index in [0.29, 0.717) is 6.10 Å². The fourth-order valence-electron chi connectivity index (χ4n) is 2.79. The molecule has 2 heterocycles. The molecule has 86 valence electrons. The number of rotatable bonds is 2. The lowest BCUT2D eigenvalue weighted by molar-refractivity contribution is 0.134. The van der Waals surface area contributed by atoms with E-state index in [1.54, 1.807) is 0 Å². The van der Waals surface area contributed by atoms with Crippen molar-refractivity contribution in [1.82, 2.24) is 4.90 Å². The molecule has 0 unspecified atom stereocenters. The Labute approximate surface area is 97.2 Å². The average Bonchev–Trinajstić information content (AvgIpc) is 2.72. The summed E-state index contributed by atoms with van der Waals surface area (Å²) in [5.74, 6) is 1.10. The molecular formula is C14H19NO. The number of fused-ring (bicyclic) bond motifs is 1. The molecule has 1 atom stereocenters. The largest absolute Gasteiger partial charge is 0.488 e. The third-order valence-electron chi connectivity index (χ3n) is 3.62. The maximum absolute atomic E-state index is 5.97. The average molecular weight is 217 g/mol. The highest BCUT2D eigenvalue weighted by molar-refractivity contribution is 5.37. The Balaban J connectivity index is 1.59. The SMILES string of the molecule is c1ccc2c(c1)C[C@H](CN1CCCCC1)O2. The van der Waals surface area contributed by atoms with E-state index < -0.39 is 0 Å². The number of benzene rings is 1. The minimum absolute atomic E-state index is 0.385. The molecule has 16 heavy (non-hydrogen) atoms. The first-order chi connectivity index (χ1) is 7.92. The first-order valence-electron chi connectivity index (χ1n) is 6.39. The number of nitrogens with zero attached hydrogens (tertiary/aromatic N) is 1. The molecule has 0 N–H and O–H groups in total. The van der Waals surface area contributed by atoms with Gasteiger partial charge in [0.15, 0.2) is 0 Å². The molecule has 0 aromatic heterocycles. The van der Waals surface area contributed by atoms with Crippen LogP contribution in [0.4, 0.5) is 0 Å². The van der Waals surface area contributed by atoms with E-state index in [1.807, 2.05) is 0 Å². The molecule has 0 spiro atoms. The summed E-state index contributed by atoms with van der Waals surface area (Å²) in [4.78, 5) is 2.56. The Morgan fingerprint density at radius 1 is 1.12 bits per heavy atom. The lowest BCUT2D eigenvalue weighted by atomic mass is 10.1. The summed E-state index contributed by atoms with van der Waals surface area (Å²) in [6, 6.07) is 8.44. The topological polar surface area (TPSA) is 12.5 Å². The van der Waals surface area contributed by atoms with Gasteiger partial charge in [0.05, 0.1) is 0 Å². The van der Waals surface area contributed by atoms with E-state index in [-0.39, 0.29) is 0 Å². The van der Waals surface area contributed by atoms with Crippen LogP contribution in [0.5, 0.6) is 5.75 Å². The predicted octanol–water partition coefficient (Wildman–Crippen LogP) is 2.48. The number of ether oxygens (including phenoxy) is 1.